The van der Waals surface area contributed by atoms with Gasteiger partial charge in [-0.2, -0.15) is 0 Å². The van der Waals surface area contributed by atoms with Gasteiger partial charge in [0.25, 0.3) is 0 Å². The van der Waals surface area contributed by atoms with Gasteiger partial charge in [-0.1, -0.05) is 46.0 Å². The molecule has 0 aromatic carbocycles. The molecule has 0 saturated carbocycles. The van der Waals surface area contributed by atoms with Crippen molar-refractivity contribution in [2.45, 2.75) is 65.3 Å². The standard InChI is InChI=1S/C15H30N6.HI/c1-3-5-6-7-8-9-10-17-15(16)18-11-12-21-13-19-20-14(21)4-2;/h13H,3-12H2,1-2H3,(H3,16,17,18);1H. The van der Waals surface area contributed by atoms with E-state index in [2.05, 4.69) is 34.4 Å². The van der Waals surface area contributed by atoms with E-state index in [0.717, 1.165) is 38.3 Å². The van der Waals surface area contributed by atoms with Gasteiger partial charge in [0, 0.05) is 26.1 Å². The Morgan fingerprint density at radius 2 is 1.95 bits per heavy atom. The summed E-state index contributed by atoms with van der Waals surface area (Å²) in [7, 11) is 0. The fourth-order valence-corrected chi connectivity index (χ4v) is 2.19. The summed E-state index contributed by atoms with van der Waals surface area (Å²) in [6.07, 6.45) is 10.3. The number of halogens is 1. The third-order valence-corrected chi connectivity index (χ3v) is 3.46. The first-order valence-corrected chi connectivity index (χ1v) is 8.18. The Bertz CT molecular complexity index is 404. The first kappa shape index (κ1) is 21.1. The summed E-state index contributed by atoms with van der Waals surface area (Å²) in [5, 5.41) is 11.1. The van der Waals surface area contributed by atoms with Gasteiger partial charge in [-0.15, -0.1) is 34.2 Å². The first-order chi connectivity index (χ1) is 10.3. The lowest BCUT2D eigenvalue weighted by atomic mass is 10.1. The van der Waals surface area contributed by atoms with Gasteiger partial charge in [0.2, 0.25) is 0 Å². The van der Waals surface area contributed by atoms with E-state index in [9.17, 15) is 0 Å². The number of aliphatic imine (C=N–C) groups is 1. The summed E-state index contributed by atoms with van der Waals surface area (Å²) in [6, 6.07) is 0. The van der Waals surface area contributed by atoms with Crippen molar-refractivity contribution in [1.29, 1.82) is 0 Å². The molecule has 1 aromatic rings. The number of nitrogens with one attached hydrogen (secondary N) is 1. The van der Waals surface area contributed by atoms with Gasteiger partial charge in [-0.3, -0.25) is 4.99 Å². The van der Waals surface area contributed by atoms with Crippen molar-refractivity contribution < 1.29 is 0 Å². The van der Waals surface area contributed by atoms with Crippen LogP contribution >= 0.6 is 24.0 Å². The number of aryl methyl sites for hydroxylation is 1. The zero-order chi connectivity index (χ0) is 15.3. The Labute approximate surface area is 151 Å². The van der Waals surface area contributed by atoms with Crippen molar-refractivity contribution in [3.05, 3.63) is 12.2 Å². The molecule has 0 aliphatic rings. The summed E-state index contributed by atoms with van der Waals surface area (Å²) in [5.74, 6) is 1.54. The van der Waals surface area contributed by atoms with Crippen LogP contribution in [0.4, 0.5) is 0 Å². The van der Waals surface area contributed by atoms with E-state index in [4.69, 9.17) is 5.73 Å². The van der Waals surface area contributed by atoms with Crippen molar-refractivity contribution in [1.82, 2.24) is 20.1 Å². The quantitative estimate of drug-likeness (QED) is 0.249. The van der Waals surface area contributed by atoms with Gasteiger partial charge in [0.05, 0.1) is 0 Å². The highest BCUT2D eigenvalue weighted by atomic mass is 127. The normalized spacial score (nSPS) is 11.3. The fraction of sp³-hybridized carbons (Fsp3) is 0.800. The van der Waals surface area contributed by atoms with Crippen LogP contribution in [0.25, 0.3) is 0 Å². The van der Waals surface area contributed by atoms with Crippen LogP contribution in [0.1, 0.15) is 58.2 Å². The van der Waals surface area contributed by atoms with E-state index in [1.807, 2.05) is 4.57 Å². The van der Waals surface area contributed by atoms with Crippen LogP contribution in [0.2, 0.25) is 0 Å². The van der Waals surface area contributed by atoms with Gasteiger partial charge in [0.1, 0.15) is 12.2 Å². The summed E-state index contributed by atoms with van der Waals surface area (Å²) < 4.78 is 2.04. The van der Waals surface area contributed by atoms with Crippen molar-refractivity contribution >= 4 is 29.9 Å². The molecule has 1 rings (SSSR count). The van der Waals surface area contributed by atoms with Gasteiger partial charge in [-0.05, 0) is 6.42 Å². The van der Waals surface area contributed by atoms with Crippen LogP contribution in [-0.4, -0.2) is 33.8 Å². The predicted octanol–water partition coefficient (Wildman–Crippen LogP) is 2.72. The molecule has 0 atom stereocenters. The largest absolute Gasteiger partial charge is 0.370 e. The molecule has 0 aliphatic heterocycles. The van der Waals surface area contributed by atoms with E-state index in [0.29, 0.717) is 5.96 Å². The zero-order valence-electron chi connectivity index (χ0n) is 13.9. The SMILES string of the molecule is CCCCCCCCN=C(N)NCCn1cnnc1CC.I. The van der Waals surface area contributed by atoms with Crippen molar-refractivity contribution in [2.75, 3.05) is 13.1 Å². The van der Waals surface area contributed by atoms with Crippen molar-refractivity contribution in [3.63, 3.8) is 0 Å². The second kappa shape index (κ2) is 13.8. The average molecular weight is 422 g/mol. The maximum atomic E-state index is 5.84. The molecule has 0 bridgehead atoms. The minimum Gasteiger partial charge on any atom is -0.370 e. The summed E-state index contributed by atoms with van der Waals surface area (Å²) in [4.78, 5) is 4.35. The number of aromatic nitrogens is 3. The second-order valence-corrected chi connectivity index (χ2v) is 5.26. The van der Waals surface area contributed by atoms with E-state index < -0.39 is 0 Å². The molecular weight excluding hydrogens is 391 g/mol. The number of hydrogen-bond donors (Lipinski definition) is 2. The Morgan fingerprint density at radius 3 is 2.68 bits per heavy atom. The van der Waals surface area contributed by atoms with Crippen LogP contribution < -0.4 is 11.1 Å². The summed E-state index contributed by atoms with van der Waals surface area (Å²) in [5.41, 5.74) is 5.84. The molecule has 0 unspecified atom stereocenters. The highest BCUT2D eigenvalue weighted by Crippen LogP contribution is 2.04. The van der Waals surface area contributed by atoms with Crippen LogP contribution in [0.5, 0.6) is 0 Å². The molecule has 7 heteroatoms. The van der Waals surface area contributed by atoms with Crippen LogP contribution in [0.3, 0.4) is 0 Å². The van der Waals surface area contributed by atoms with E-state index in [1.54, 1.807) is 6.33 Å². The molecule has 1 aromatic heterocycles. The number of guanidine groups is 1. The lowest BCUT2D eigenvalue weighted by molar-refractivity contribution is 0.610. The second-order valence-electron chi connectivity index (χ2n) is 5.26. The number of unbranched alkanes of at least 4 members (excludes halogenated alkanes) is 5. The molecule has 0 fully saturated rings. The first-order valence-electron chi connectivity index (χ1n) is 8.18. The average Bonchev–Trinajstić information content (AvgIpc) is 2.94. The maximum Gasteiger partial charge on any atom is 0.188 e. The maximum absolute atomic E-state index is 5.84. The molecular formula is C15H31IN6. The molecule has 128 valence electrons. The topological polar surface area (TPSA) is 81.1 Å². The molecule has 0 radical (unpaired) electrons. The molecule has 22 heavy (non-hydrogen) atoms. The van der Waals surface area contributed by atoms with Gasteiger partial charge in [0.15, 0.2) is 5.96 Å². The smallest absolute Gasteiger partial charge is 0.188 e. The highest BCUT2D eigenvalue weighted by molar-refractivity contribution is 14.0. The number of nitrogens with two attached hydrogens (primary N) is 1. The molecule has 1 heterocycles. The monoisotopic (exact) mass is 422 g/mol. The van der Waals surface area contributed by atoms with Crippen LogP contribution in [0, 0.1) is 0 Å². The zero-order valence-corrected chi connectivity index (χ0v) is 16.3. The van der Waals surface area contributed by atoms with Gasteiger partial charge >= 0.3 is 0 Å². The molecule has 3 N–H and O–H groups in total. The Balaban J connectivity index is 0.00000441. The van der Waals surface area contributed by atoms with Gasteiger partial charge < -0.3 is 15.6 Å². The lowest BCUT2D eigenvalue weighted by Crippen LogP contribution is -2.34. The van der Waals surface area contributed by atoms with E-state index in [1.165, 1.54) is 32.1 Å². The Hall–Kier alpha value is -0.860. The third-order valence-electron chi connectivity index (χ3n) is 3.46. The predicted molar refractivity (Wildman–Crippen MR) is 103 cm³/mol. The van der Waals surface area contributed by atoms with Crippen LogP contribution in [0.15, 0.2) is 11.3 Å². The number of rotatable bonds is 11. The molecule has 0 spiro atoms. The Kier molecular flexibility index (Phi) is 13.2. The summed E-state index contributed by atoms with van der Waals surface area (Å²) in [6.45, 7) is 6.68. The Morgan fingerprint density at radius 1 is 1.23 bits per heavy atom. The highest BCUT2D eigenvalue weighted by Gasteiger charge is 2.00. The van der Waals surface area contributed by atoms with E-state index >= 15 is 0 Å². The third kappa shape index (κ3) is 9.22. The van der Waals surface area contributed by atoms with Crippen molar-refractivity contribution in [3.8, 4) is 0 Å². The minimum atomic E-state index is 0. The molecule has 6 nitrogen and oxygen atoms in total. The number of hydrogen-bond acceptors (Lipinski definition) is 3. The lowest BCUT2D eigenvalue weighted by Gasteiger charge is -2.07. The molecule has 0 aliphatic carbocycles. The molecule has 0 amide bonds. The van der Waals surface area contributed by atoms with Crippen molar-refractivity contribution in [2.24, 2.45) is 10.7 Å². The minimum absolute atomic E-state index is 0. The number of nitrogens with zero attached hydrogens (tertiary/aromatic N) is 4. The van der Waals surface area contributed by atoms with E-state index in [-0.39, 0.29) is 24.0 Å². The van der Waals surface area contributed by atoms with Crippen LogP contribution in [-0.2, 0) is 13.0 Å². The summed E-state index contributed by atoms with van der Waals surface area (Å²) >= 11 is 0. The molecule has 0 saturated heterocycles. The fourth-order valence-electron chi connectivity index (χ4n) is 2.19. The van der Waals surface area contributed by atoms with Gasteiger partial charge in [-0.25, -0.2) is 0 Å².